The van der Waals surface area contributed by atoms with E-state index in [1.165, 1.54) is 7.11 Å². The number of amides is 2. The largest absolute Gasteiger partial charge is 0.453 e. The molecule has 1 aromatic rings. The summed E-state index contributed by atoms with van der Waals surface area (Å²) in [5.74, 6) is 0.908. The second-order valence-corrected chi connectivity index (χ2v) is 6.59. The Bertz CT molecular complexity index is 531. The summed E-state index contributed by atoms with van der Waals surface area (Å²) in [4.78, 5) is 31.0. The molecule has 1 saturated carbocycles. The van der Waals surface area contributed by atoms with Gasteiger partial charge in [-0.05, 0) is 34.9 Å². The molecule has 1 aliphatic rings. The molecule has 0 bridgehead atoms. The number of nitrogens with one attached hydrogen (secondary N) is 3. The minimum Gasteiger partial charge on any atom is -0.453 e. The van der Waals surface area contributed by atoms with Gasteiger partial charge < -0.3 is 20.4 Å². The SMILES string of the molecule is COC(=O)N[C@H](C(=O)N[C@@H]1C[C@H]1c1ncc(I)[nH]1)C(C)C. The van der Waals surface area contributed by atoms with Crippen LogP contribution < -0.4 is 10.6 Å². The average molecular weight is 406 g/mol. The number of hydrogen-bond donors (Lipinski definition) is 3. The first-order chi connectivity index (χ1) is 9.92. The minimum absolute atomic E-state index is 0.0224. The normalized spacial score (nSPS) is 21.8. The van der Waals surface area contributed by atoms with Crippen LogP contribution >= 0.6 is 22.6 Å². The van der Waals surface area contributed by atoms with E-state index in [1.54, 1.807) is 6.20 Å². The van der Waals surface area contributed by atoms with Crippen molar-refractivity contribution in [1.29, 1.82) is 0 Å². The Morgan fingerprint density at radius 3 is 2.76 bits per heavy atom. The molecule has 0 radical (unpaired) electrons. The average Bonchev–Trinajstić information content (AvgIpc) is 3.05. The summed E-state index contributed by atoms with van der Waals surface area (Å²) in [6.45, 7) is 3.75. The number of alkyl carbamates (subject to hydrolysis) is 1. The lowest BCUT2D eigenvalue weighted by molar-refractivity contribution is -0.124. The number of aromatic amines is 1. The number of aromatic nitrogens is 2. The molecule has 1 heterocycles. The maximum atomic E-state index is 12.3. The molecule has 1 aromatic heterocycles. The van der Waals surface area contributed by atoms with E-state index in [2.05, 4.69) is 47.9 Å². The zero-order chi connectivity index (χ0) is 15.6. The maximum absolute atomic E-state index is 12.3. The zero-order valence-electron chi connectivity index (χ0n) is 12.1. The van der Waals surface area contributed by atoms with E-state index < -0.39 is 12.1 Å². The molecule has 0 aromatic carbocycles. The van der Waals surface area contributed by atoms with Gasteiger partial charge in [0.2, 0.25) is 5.91 Å². The van der Waals surface area contributed by atoms with Gasteiger partial charge in [-0.1, -0.05) is 13.8 Å². The molecule has 0 spiro atoms. The third-order valence-corrected chi connectivity index (χ3v) is 3.99. The second-order valence-electron chi connectivity index (χ2n) is 5.43. The molecule has 0 saturated heterocycles. The quantitative estimate of drug-likeness (QED) is 0.644. The molecule has 7 nitrogen and oxygen atoms in total. The Labute approximate surface area is 136 Å². The van der Waals surface area contributed by atoms with Crippen LogP contribution in [0.1, 0.15) is 32.0 Å². The van der Waals surface area contributed by atoms with Crippen molar-refractivity contribution in [1.82, 2.24) is 20.6 Å². The van der Waals surface area contributed by atoms with Crippen molar-refractivity contribution < 1.29 is 14.3 Å². The highest BCUT2D eigenvalue weighted by Gasteiger charge is 2.43. The molecule has 0 unspecified atom stereocenters. The fraction of sp³-hybridized carbons (Fsp3) is 0.615. The third-order valence-electron chi connectivity index (χ3n) is 3.44. The Kier molecular flexibility index (Phi) is 5.07. The molecule has 1 aliphatic carbocycles. The molecule has 3 atom stereocenters. The summed E-state index contributed by atoms with van der Waals surface area (Å²) in [6, 6.07) is -0.532. The number of nitrogens with zero attached hydrogens (tertiary/aromatic N) is 1. The van der Waals surface area contributed by atoms with E-state index >= 15 is 0 Å². The molecular formula is C13H19IN4O3. The van der Waals surface area contributed by atoms with Crippen molar-refractivity contribution in [3.05, 3.63) is 15.7 Å². The van der Waals surface area contributed by atoms with Crippen molar-refractivity contribution in [2.75, 3.05) is 7.11 Å². The van der Waals surface area contributed by atoms with E-state index in [9.17, 15) is 9.59 Å². The predicted octanol–water partition coefficient (Wildman–Crippen LogP) is 1.37. The van der Waals surface area contributed by atoms with Crippen LogP contribution in [0.2, 0.25) is 0 Å². The first-order valence-electron chi connectivity index (χ1n) is 6.77. The number of rotatable bonds is 5. The molecule has 0 aliphatic heterocycles. The number of carbonyl (C=O) groups excluding carboxylic acids is 2. The predicted molar refractivity (Wildman–Crippen MR) is 84.8 cm³/mol. The number of methoxy groups -OCH3 is 1. The standard InChI is InChI=1S/C13H19IN4O3/c1-6(2)10(18-13(20)21-3)12(19)16-8-4-7(8)11-15-5-9(14)17-11/h5-8,10H,4H2,1-3H3,(H,15,17)(H,16,19)(H,18,20)/t7-,8-,10+/m1/s1. The van der Waals surface area contributed by atoms with Gasteiger partial charge in [-0.25, -0.2) is 9.78 Å². The van der Waals surface area contributed by atoms with Gasteiger partial charge in [0.15, 0.2) is 0 Å². The van der Waals surface area contributed by atoms with Crippen LogP contribution in [0.25, 0.3) is 0 Å². The summed E-state index contributed by atoms with van der Waals surface area (Å²) >= 11 is 2.16. The summed E-state index contributed by atoms with van der Waals surface area (Å²) in [5, 5.41) is 5.51. The van der Waals surface area contributed by atoms with E-state index in [0.717, 1.165) is 15.9 Å². The molecule has 2 rings (SSSR count). The van der Waals surface area contributed by atoms with Crippen LogP contribution in [0.5, 0.6) is 0 Å². The number of H-pyrrole nitrogens is 1. The van der Waals surface area contributed by atoms with Gasteiger partial charge in [-0.2, -0.15) is 0 Å². The van der Waals surface area contributed by atoms with E-state index in [1.807, 2.05) is 13.8 Å². The lowest BCUT2D eigenvalue weighted by atomic mass is 10.0. The van der Waals surface area contributed by atoms with Gasteiger partial charge in [0.25, 0.3) is 0 Å². The summed E-state index contributed by atoms with van der Waals surface area (Å²) in [6.07, 6.45) is 2.03. The summed E-state index contributed by atoms with van der Waals surface area (Å²) in [7, 11) is 1.28. The number of ether oxygens (including phenoxy) is 1. The smallest absolute Gasteiger partial charge is 0.407 e. The van der Waals surface area contributed by atoms with Crippen LogP contribution in [0.15, 0.2) is 6.20 Å². The first-order valence-corrected chi connectivity index (χ1v) is 7.85. The van der Waals surface area contributed by atoms with Crippen molar-refractivity contribution in [3.8, 4) is 0 Å². The van der Waals surface area contributed by atoms with Gasteiger partial charge in [0.05, 0.1) is 17.0 Å². The van der Waals surface area contributed by atoms with Gasteiger partial charge in [0.1, 0.15) is 11.9 Å². The molecule has 8 heteroatoms. The molecule has 1 fully saturated rings. The van der Waals surface area contributed by atoms with Crippen LogP contribution in [-0.2, 0) is 9.53 Å². The number of carbonyl (C=O) groups is 2. The van der Waals surface area contributed by atoms with E-state index in [-0.39, 0.29) is 23.8 Å². The third kappa shape index (κ3) is 4.08. The summed E-state index contributed by atoms with van der Waals surface area (Å²) < 4.78 is 5.53. The second kappa shape index (κ2) is 6.63. The zero-order valence-corrected chi connectivity index (χ0v) is 14.3. The minimum atomic E-state index is -0.601. The fourth-order valence-corrected chi connectivity index (χ4v) is 2.57. The fourth-order valence-electron chi connectivity index (χ4n) is 2.15. The number of hydrogen-bond acceptors (Lipinski definition) is 4. The topological polar surface area (TPSA) is 96.1 Å². The van der Waals surface area contributed by atoms with Crippen LogP contribution in [0, 0.1) is 9.62 Å². The van der Waals surface area contributed by atoms with Gasteiger partial charge in [-0.3, -0.25) is 4.79 Å². The highest BCUT2D eigenvalue weighted by atomic mass is 127. The highest BCUT2D eigenvalue weighted by Crippen LogP contribution is 2.39. The van der Waals surface area contributed by atoms with Crippen molar-refractivity contribution in [2.45, 2.75) is 38.3 Å². The van der Waals surface area contributed by atoms with Crippen LogP contribution in [-0.4, -0.2) is 41.2 Å². The van der Waals surface area contributed by atoms with Crippen molar-refractivity contribution in [2.24, 2.45) is 5.92 Å². The maximum Gasteiger partial charge on any atom is 0.407 e. The monoisotopic (exact) mass is 406 g/mol. The lowest BCUT2D eigenvalue weighted by Gasteiger charge is -2.20. The number of imidazole rings is 1. The van der Waals surface area contributed by atoms with Gasteiger partial charge in [0, 0.05) is 12.0 Å². The van der Waals surface area contributed by atoms with E-state index in [4.69, 9.17) is 0 Å². The van der Waals surface area contributed by atoms with Crippen LogP contribution in [0.4, 0.5) is 4.79 Å². The first kappa shape index (κ1) is 16.1. The van der Waals surface area contributed by atoms with Crippen molar-refractivity contribution >= 4 is 34.6 Å². The Balaban J connectivity index is 1.90. The molecule has 116 valence electrons. The Hall–Kier alpha value is -1.32. The lowest BCUT2D eigenvalue weighted by Crippen LogP contribution is -2.50. The molecule has 3 N–H and O–H groups in total. The Morgan fingerprint density at radius 2 is 2.24 bits per heavy atom. The Morgan fingerprint density at radius 1 is 1.52 bits per heavy atom. The number of halogens is 1. The van der Waals surface area contributed by atoms with Gasteiger partial charge in [-0.15, -0.1) is 0 Å². The van der Waals surface area contributed by atoms with Gasteiger partial charge >= 0.3 is 6.09 Å². The van der Waals surface area contributed by atoms with Crippen LogP contribution in [0.3, 0.4) is 0 Å². The van der Waals surface area contributed by atoms with Crippen molar-refractivity contribution in [3.63, 3.8) is 0 Å². The molecular weight excluding hydrogens is 387 g/mol. The highest BCUT2D eigenvalue weighted by molar-refractivity contribution is 14.1. The van der Waals surface area contributed by atoms with E-state index in [0.29, 0.717) is 0 Å². The molecule has 21 heavy (non-hydrogen) atoms. The molecule has 2 amide bonds. The summed E-state index contributed by atoms with van der Waals surface area (Å²) in [5.41, 5.74) is 0.